The lowest BCUT2D eigenvalue weighted by atomic mass is 9.79. The van der Waals surface area contributed by atoms with Gasteiger partial charge in [-0.15, -0.1) is 10.2 Å². The standard InChI is InChI=1S/C27H24N8O2/c1-2-37-20-7-8-23(31-16-20)26-34-33-25(35(26)19-5-3-10-28-15-19)17-13-18(14-17)32-27(36)21-9-12-29-22-6-4-11-30-24(21)22/h3-12,15-18H,2,13-14H2,1H3,(H,32,36). The summed E-state index contributed by atoms with van der Waals surface area (Å²) in [5.41, 5.74) is 3.36. The summed E-state index contributed by atoms with van der Waals surface area (Å²) in [5, 5.41) is 12.2. The topological polar surface area (TPSA) is 121 Å². The minimum atomic E-state index is -0.150. The molecule has 6 rings (SSSR count). The second-order valence-electron chi connectivity index (χ2n) is 8.81. The van der Waals surface area contributed by atoms with Gasteiger partial charge in [0.1, 0.15) is 22.8 Å². The van der Waals surface area contributed by atoms with Crippen LogP contribution in [-0.2, 0) is 0 Å². The number of hydrogen-bond donors (Lipinski definition) is 1. The summed E-state index contributed by atoms with van der Waals surface area (Å²) in [6.45, 7) is 2.51. The summed E-state index contributed by atoms with van der Waals surface area (Å²) in [4.78, 5) is 30.5. The SMILES string of the molecule is CCOc1ccc(-c2nnc(C3CC(NC(=O)c4ccnc5cccnc45)C3)n2-c2cccnc2)nc1. The molecule has 184 valence electrons. The van der Waals surface area contributed by atoms with E-state index in [0.29, 0.717) is 40.5 Å². The lowest BCUT2D eigenvalue weighted by Crippen LogP contribution is -2.44. The van der Waals surface area contributed by atoms with Crippen molar-refractivity contribution in [2.24, 2.45) is 0 Å². The molecule has 0 spiro atoms. The van der Waals surface area contributed by atoms with Crippen LogP contribution in [0.4, 0.5) is 0 Å². The first-order valence-electron chi connectivity index (χ1n) is 12.2. The average molecular weight is 493 g/mol. The van der Waals surface area contributed by atoms with Crippen molar-refractivity contribution in [1.29, 1.82) is 0 Å². The van der Waals surface area contributed by atoms with Gasteiger partial charge < -0.3 is 10.1 Å². The highest BCUT2D eigenvalue weighted by Crippen LogP contribution is 2.38. The second-order valence-corrected chi connectivity index (χ2v) is 8.81. The zero-order valence-corrected chi connectivity index (χ0v) is 20.2. The molecule has 1 aliphatic rings. The fraction of sp³-hybridized carbons (Fsp3) is 0.222. The molecule has 0 unspecified atom stereocenters. The molecule has 1 amide bonds. The predicted molar refractivity (Wildman–Crippen MR) is 136 cm³/mol. The molecule has 5 aromatic heterocycles. The van der Waals surface area contributed by atoms with E-state index in [-0.39, 0.29) is 17.9 Å². The third-order valence-electron chi connectivity index (χ3n) is 6.45. The fourth-order valence-corrected chi connectivity index (χ4v) is 4.60. The van der Waals surface area contributed by atoms with E-state index in [1.165, 1.54) is 0 Å². The van der Waals surface area contributed by atoms with Gasteiger partial charge in [-0.3, -0.25) is 24.3 Å². The molecule has 0 bridgehead atoms. The van der Waals surface area contributed by atoms with Crippen LogP contribution in [0.25, 0.3) is 28.2 Å². The zero-order valence-electron chi connectivity index (χ0n) is 20.2. The van der Waals surface area contributed by atoms with E-state index in [4.69, 9.17) is 4.74 Å². The van der Waals surface area contributed by atoms with Crippen molar-refractivity contribution in [2.75, 3.05) is 6.61 Å². The molecule has 1 aliphatic carbocycles. The Labute approximate surface area is 212 Å². The summed E-state index contributed by atoms with van der Waals surface area (Å²) in [7, 11) is 0. The maximum absolute atomic E-state index is 13.0. The van der Waals surface area contributed by atoms with Crippen LogP contribution in [0.5, 0.6) is 5.75 Å². The molecule has 37 heavy (non-hydrogen) atoms. The average Bonchev–Trinajstić information content (AvgIpc) is 3.35. The van der Waals surface area contributed by atoms with Crippen LogP contribution in [0.15, 0.2) is 73.4 Å². The highest BCUT2D eigenvalue weighted by atomic mass is 16.5. The van der Waals surface area contributed by atoms with Crippen LogP contribution >= 0.6 is 0 Å². The molecule has 0 saturated heterocycles. The Morgan fingerprint density at radius 2 is 1.89 bits per heavy atom. The van der Waals surface area contributed by atoms with Crippen LogP contribution in [0.3, 0.4) is 0 Å². The molecule has 0 aromatic carbocycles. The van der Waals surface area contributed by atoms with Crippen LogP contribution in [0.1, 0.15) is 41.9 Å². The number of carbonyl (C=O) groups is 1. The molecular formula is C27H24N8O2. The Bertz CT molecular complexity index is 1540. The molecule has 5 aromatic rings. The smallest absolute Gasteiger partial charge is 0.253 e. The summed E-state index contributed by atoms with van der Waals surface area (Å²) < 4.78 is 7.52. The van der Waals surface area contributed by atoms with Crippen molar-refractivity contribution in [1.82, 2.24) is 40.0 Å². The van der Waals surface area contributed by atoms with E-state index >= 15 is 0 Å². The Morgan fingerprint density at radius 1 is 1.00 bits per heavy atom. The highest BCUT2D eigenvalue weighted by Gasteiger charge is 2.36. The third-order valence-corrected chi connectivity index (χ3v) is 6.45. The lowest BCUT2D eigenvalue weighted by molar-refractivity contribution is 0.0908. The van der Waals surface area contributed by atoms with E-state index in [9.17, 15) is 4.79 Å². The van der Waals surface area contributed by atoms with Crippen LogP contribution < -0.4 is 10.1 Å². The Morgan fingerprint density at radius 3 is 2.68 bits per heavy atom. The van der Waals surface area contributed by atoms with Gasteiger partial charge in [-0.05, 0) is 62.2 Å². The molecule has 10 heteroatoms. The summed E-state index contributed by atoms with van der Waals surface area (Å²) >= 11 is 0. The minimum Gasteiger partial charge on any atom is -0.492 e. The first-order chi connectivity index (χ1) is 18.2. The van der Waals surface area contributed by atoms with Crippen LogP contribution in [0, 0.1) is 0 Å². The van der Waals surface area contributed by atoms with Gasteiger partial charge in [-0.2, -0.15) is 0 Å². The second kappa shape index (κ2) is 9.73. The maximum Gasteiger partial charge on any atom is 0.253 e. The van der Waals surface area contributed by atoms with Gasteiger partial charge in [0.2, 0.25) is 0 Å². The summed E-state index contributed by atoms with van der Waals surface area (Å²) in [6.07, 6.45) is 10.00. The van der Waals surface area contributed by atoms with E-state index in [1.54, 1.807) is 37.1 Å². The molecule has 1 fully saturated rings. The normalized spacial score (nSPS) is 16.8. The third kappa shape index (κ3) is 4.37. The molecule has 10 nitrogen and oxygen atoms in total. The van der Waals surface area contributed by atoms with Crippen LogP contribution in [-0.4, -0.2) is 53.3 Å². The van der Waals surface area contributed by atoms with Gasteiger partial charge in [-0.1, -0.05) is 0 Å². The number of hydrogen-bond acceptors (Lipinski definition) is 8. The molecule has 1 saturated carbocycles. The van der Waals surface area contributed by atoms with Crippen molar-refractivity contribution >= 4 is 16.9 Å². The first-order valence-corrected chi connectivity index (χ1v) is 12.2. The molecule has 1 N–H and O–H groups in total. The molecular weight excluding hydrogens is 468 g/mol. The number of rotatable bonds is 7. The minimum absolute atomic E-state index is 0.0236. The van der Waals surface area contributed by atoms with E-state index in [1.807, 2.05) is 47.9 Å². The summed E-state index contributed by atoms with van der Waals surface area (Å²) in [6, 6.07) is 13.0. The van der Waals surface area contributed by atoms with E-state index in [2.05, 4.69) is 35.5 Å². The van der Waals surface area contributed by atoms with Crippen molar-refractivity contribution in [3.8, 4) is 23.0 Å². The number of pyridine rings is 4. The number of ether oxygens (including phenoxy) is 1. The predicted octanol–water partition coefficient (Wildman–Crippen LogP) is 3.74. The van der Waals surface area contributed by atoms with Crippen LogP contribution in [0.2, 0.25) is 0 Å². The van der Waals surface area contributed by atoms with Gasteiger partial charge in [0.25, 0.3) is 5.91 Å². The fourth-order valence-electron chi connectivity index (χ4n) is 4.60. The quantitative estimate of drug-likeness (QED) is 0.365. The molecule has 5 heterocycles. The highest BCUT2D eigenvalue weighted by molar-refractivity contribution is 6.04. The number of nitrogens with zero attached hydrogens (tertiary/aromatic N) is 7. The maximum atomic E-state index is 13.0. The zero-order chi connectivity index (χ0) is 25.2. The first kappa shape index (κ1) is 22.7. The van der Waals surface area contributed by atoms with Gasteiger partial charge in [0, 0.05) is 30.6 Å². The Hall–Kier alpha value is -4.73. The number of aromatic nitrogens is 7. The van der Waals surface area contributed by atoms with Gasteiger partial charge in [-0.25, -0.2) is 4.98 Å². The van der Waals surface area contributed by atoms with Crippen molar-refractivity contribution in [2.45, 2.75) is 31.7 Å². The van der Waals surface area contributed by atoms with Gasteiger partial charge in [0.15, 0.2) is 5.82 Å². The van der Waals surface area contributed by atoms with E-state index in [0.717, 1.165) is 24.4 Å². The summed E-state index contributed by atoms with van der Waals surface area (Å²) in [5.74, 6) is 2.13. The lowest BCUT2D eigenvalue weighted by Gasteiger charge is -2.35. The monoisotopic (exact) mass is 492 g/mol. The Balaban J connectivity index is 1.23. The van der Waals surface area contributed by atoms with Crippen molar-refractivity contribution in [3.05, 3.63) is 84.8 Å². The van der Waals surface area contributed by atoms with Crippen molar-refractivity contribution < 1.29 is 9.53 Å². The largest absolute Gasteiger partial charge is 0.492 e. The number of amides is 1. The Kier molecular flexibility index (Phi) is 5.97. The van der Waals surface area contributed by atoms with Gasteiger partial charge >= 0.3 is 0 Å². The van der Waals surface area contributed by atoms with E-state index < -0.39 is 0 Å². The molecule has 0 aliphatic heterocycles. The number of fused-ring (bicyclic) bond motifs is 1. The number of carbonyl (C=O) groups excluding carboxylic acids is 1. The molecule has 0 radical (unpaired) electrons. The van der Waals surface area contributed by atoms with Crippen molar-refractivity contribution in [3.63, 3.8) is 0 Å². The van der Waals surface area contributed by atoms with Gasteiger partial charge in [0.05, 0.1) is 35.8 Å². The number of nitrogens with one attached hydrogen (secondary N) is 1. The molecule has 0 atom stereocenters.